The highest BCUT2D eigenvalue weighted by molar-refractivity contribution is 9.11. The van der Waals surface area contributed by atoms with Gasteiger partial charge in [-0.1, -0.05) is 6.07 Å². The van der Waals surface area contributed by atoms with Crippen LogP contribution in [0.1, 0.15) is 15.9 Å². The van der Waals surface area contributed by atoms with Crippen LogP contribution in [0.25, 0.3) is 0 Å². The molecule has 1 nitrogen and oxygen atoms in total. The molecule has 2 rings (SSSR count). The minimum Gasteiger partial charge on any atom is -0.261 e. The van der Waals surface area contributed by atoms with Gasteiger partial charge in [-0.2, -0.15) is 0 Å². The summed E-state index contributed by atoms with van der Waals surface area (Å²) in [5.41, 5.74) is 1.03. The van der Waals surface area contributed by atoms with Crippen LogP contribution in [0.2, 0.25) is 0 Å². The molecule has 1 atom stereocenters. The summed E-state index contributed by atoms with van der Waals surface area (Å²) in [7, 11) is 0. The molecule has 0 amide bonds. The van der Waals surface area contributed by atoms with Gasteiger partial charge in [-0.15, -0.1) is 22.9 Å². The third-order valence-corrected chi connectivity index (χ3v) is 4.27. The Hall–Kier alpha value is -0.380. The lowest BCUT2D eigenvalue weighted by molar-refractivity contribution is 0.896. The summed E-state index contributed by atoms with van der Waals surface area (Å²) in [5, 5.41) is 0.0104. The van der Waals surface area contributed by atoms with E-state index in [9.17, 15) is 0 Å². The monoisotopic (exact) mass is 301 g/mol. The predicted molar refractivity (Wildman–Crippen MR) is 68.6 cm³/mol. The smallest absolute Gasteiger partial charge is 0.0734 e. The molecule has 0 aliphatic heterocycles. The molecule has 0 aliphatic carbocycles. The number of thiophene rings is 1. The maximum Gasteiger partial charge on any atom is 0.0734 e. The third-order valence-electron chi connectivity index (χ3n) is 2.02. The Labute approximate surface area is 106 Å². The van der Waals surface area contributed by atoms with Gasteiger partial charge in [0.05, 0.1) is 9.16 Å². The summed E-state index contributed by atoms with van der Waals surface area (Å²) >= 11 is 11.4. The quantitative estimate of drug-likeness (QED) is 0.764. The largest absolute Gasteiger partial charge is 0.261 e. The van der Waals surface area contributed by atoms with E-state index in [1.807, 2.05) is 24.3 Å². The van der Waals surface area contributed by atoms with Crippen LogP contribution in [-0.4, -0.2) is 4.98 Å². The molecular formula is C11H9BrClNS. The lowest BCUT2D eigenvalue weighted by Gasteiger charge is -2.05. The van der Waals surface area contributed by atoms with E-state index in [4.69, 9.17) is 11.6 Å². The van der Waals surface area contributed by atoms with Crippen LogP contribution in [0.15, 0.2) is 40.3 Å². The topological polar surface area (TPSA) is 12.9 Å². The lowest BCUT2D eigenvalue weighted by Crippen LogP contribution is -1.95. The number of nitrogens with zero attached hydrogens (tertiary/aromatic N) is 1. The summed E-state index contributed by atoms with van der Waals surface area (Å²) < 4.78 is 1.11. The summed E-state index contributed by atoms with van der Waals surface area (Å²) in [6.07, 6.45) is 2.57. The van der Waals surface area contributed by atoms with Crippen LogP contribution in [0.5, 0.6) is 0 Å². The van der Waals surface area contributed by atoms with Crippen molar-refractivity contribution in [2.24, 2.45) is 0 Å². The summed E-state index contributed by atoms with van der Waals surface area (Å²) in [4.78, 5) is 5.43. The number of alkyl halides is 1. The molecule has 0 radical (unpaired) electrons. The van der Waals surface area contributed by atoms with Gasteiger partial charge in [-0.3, -0.25) is 4.98 Å². The maximum absolute atomic E-state index is 6.30. The van der Waals surface area contributed by atoms with Gasteiger partial charge in [0.15, 0.2) is 0 Å². The molecule has 0 N–H and O–H groups in total. The standard InChI is InChI=1S/C11H9BrClNS/c12-11-5-4-10(15-11)9(13)7-8-3-1-2-6-14-8/h1-6,9H,7H2. The van der Waals surface area contributed by atoms with Gasteiger partial charge in [-0.05, 0) is 40.2 Å². The zero-order valence-electron chi connectivity index (χ0n) is 7.86. The first-order valence-corrected chi connectivity index (χ1v) is 6.59. The van der Waals surface area contributed by atoms with Crippen LogP contribution in [0.3, 0.4) is 0 Å². The van der Waals surface area contributed by atoms with Crippen LogP contribution in [0, 0.1) is 0 Å². The van der Waals surface area contributed by atoms with Crippen LogP contribution in [0.4, 0.5) is 0 Å². The number of rotatable bonds is 3. The van der Waals surface area contributed by atoms with E-state index in [2.05, 4.69) is 27.0 Å². The van der Waals surface area contributed by atoms with Gasteiger partial charge in [-0.25, -0.2) is 0 Å². The number of hydrogen-bond donors (Lipinski definition) is 0. The summed E-state index contributed by atoms with van der Waals surface area (Å²) in [6.45, 7) is 0. The van der Waals surface area contributed by atoms with Crippen molar-refractivity contribution < 1.29 is 0 Å². The Morgan fingerprint density at radius 1 is 1.33 bits per heavy atom. The molecule has 0 fully saturated rings. The molecule has 0 aliphatic rings. The highest BCUT2D eigenvalue weighted by Crippen LogP contribution is 2.32. The van der Waals surface area contributed by atoms with Crippen LogP contribution < -0.4 is 0 Å². The highest BCUT2D eigenvalue weighted by atomic mass is 79.9. The first-order valence-electron chi connectivity index (χ1n) is 4.55. The van der Waals surface area contributed by atoms with Crippen molar-refractivity contribution in [3.8, 4) is 0 Å². The van der Waals surface area contributed by atoms with Gasteiger partial charge in [0.1, 0.15) is 0 Å². The minimum atomic E-state index is 0.0104. The second kappa shape index (κ2) is 5.10. The zero-order valence-corrected chi connectivity index (χ0v) is 11.0. The SMILES string of the molecule is ClC(Cc1ccccn1)c1ccc(Br)s1. The Bertz CT molecular complexity index is 429. The molecule has 0 aromatic carbocycles. The Morgan fingerprint density at radius 3 is 2.80 bits per heavy atom. The molecule has 0 bridgehead atoms. The minimum absolute atomic E-state index is 0.0104. The van der Waals surface area contributed by atoms with Crippen LogP contribution >= 0.6 is 38.9 Å². The van der Waals surface area contributed by atoms with Crippen molar-refractivity contribution in [2.75, 3.05) is 0 Å². The molecule has 2 aromatic rings. The molecule has 15 heavy (non-hydrogen) atoms. The summed E-state index contributed by atoms with van der Waals surface area (Å²) in [5.74, 6) is 0. The van der Waals surface area contributed by atoms with E-state index >= 15 is 0 Å². The number of pyridine rings is 1. The third kappa shape index (κ3) is 3.03. The zero-order chi connectivity index (χ0) is 10.7. The first-order chi connectivity index (χ1) is 7.25. The van der Waals surface area contributed by atoms with Gasteiger partial charge >= 0.3 is 0 Å². The van der Waals surface area contributed by atoms with E-state index < -0.39 is 0 Å². The van der Waals surface area contributed by atoms with Crippen molar-refractivity contribution in [1.29, 1.82) is 0 Å². The van der Waals surface area contributed by atoms with Crippen molar-refractivity contribution >= 4 is 38.9 Å². The van der Waals surface area contributed by atoms with Gasteiger partial charge in [0, 0.05) is 23.2 Å². The molecule has 0 saturated carbocycles. The molecule has 2 heterocycles. The molecule has 78 valence electrons. The fourth-order valence-electron chi connectivity index (χ4n) is 1.30. The van der Waals surface area contributed by atoms with Crippen LogP contribution in [-0.2, 0) is 6.42 Å². The van der Waals surface area contributed by atoms with E-state index in [1.165, 1.54) is 4.88 Å². The van der Waals surface area contributed by atoms with Crippen molar-refractivity contribution in [2.45, 2.75) is 11.8 Å². The van der Waals surface area contributed by atoms with Crippen molar-refractivity contribution in [3.63, 3.8) is 0 Å². The molecule has 4 heteroatoms. The fraction of sp³-hybridized carbons (Fsp3) is 0.182. The van der Waals surface area contributed by atoms with Crippen molar-refractivity contribution in [1.82, 2.24) is 4.98 Å². The maximum atomic E-state index is 6.30. The Morgan fingerprint density at radius 2 is 2.20 bits per heavy atom. The predicted octanol–water partition coefficient (Wildman–Crippen LogP) is 4.43. The second-order valence-electron chi connectivity index (χ2n) is 3.13. The van der Waals surface area contributed by atoms with Crippen molar-refractivity contribution in [3.05, 3.63) is 50.9 Å². The number of hydrogen-bond acceptors (Lipinski definition) is 2. The molecule has 0 saturated heterocycles. The number of aromatic nitrogens is 1. The normalized spacial score (nSPS) is 12.7. The van der Waals surface area contributed by atoms with Gasteiger partial charge in [0.25, 0.3) is 0 Å². The second-order valence-corrected chi connectivity index (χ2v) is 6.16. The molecular weight excluding hydrogens is 294 g/mol. The average Bonchev–Trinajstić information content (AvgIpc) is 2.66. The van der Waals surface area contributed by atoms with E-state index in [0.29, 0.717) is 0 Å². The fourth-order valence-corrected chi connectivity index (χ4v) is 3.07. The first kappa shape index (κ1) is 11.1. The van der Waals surface area contributed by atoms with Gasteiger partial charge < -0.3 is 0 Å². The number of halogens is 2. The lowest BCUT2D eigenvalue weighted by atomic mass is 10.2. The van der Waals surface area contributed by atoms with Gasteiger partial charge in [0.2, 0.25) is 0 Å². The van der Waals surface area contributed by atoms with E-state index in [-0.39, 0.29) is 5.38 Å². The van der Waals surface area contributed by atoms with E-state index in [1.54, 1.807) is 17.5 Å². The van der Waals surface area contributed by atoms with E-state index in [0.717, 1.165) is 15.9 Å². The highest BCUT2D eigenvalue weighted by Gasteiger charge is 2.11. The molecule has 2 aromatic heterocycles. The average molecular weight is 303 g/mol. The Kier molecular flexibility index (Phi) is 3.78. The Balaban J connectivity index is 2.07. The molecule has 1 unspecified atom stereocenters. The molecule has 0 spiro atoms. The summed E-state index contributed by atoms with van der Waals surface area (Å²) in [6, 6.07) is 9.96.